The number of aryl methyl sites for hydroxylation is 1. The Morgan fingerprint density at radius 2 is 1.93 bits per heavy atom. The summed E-state index contributed by atoms with van der Waals surface area (Å²) in [4.78, 5) is 7.30. The van der Waals surface area contributed by atoms with Crippen molar-refractivity contribution in [1.82, 2.24) is 25.3 Å². The predicted molar refractivity (Wildman–Crippen MR) is 130 cm³/mol. The summed E-state index contributed by atoms with van der Waals surface area (Å²) in [5.41, 5.74) is 3.75. The number of aromatic nitrogens is 2. The summed E-state index contributed by atoms with van der Waals surface area (Å²) in [6, 6.07) is 10.9. The Labute approximate surface area is 192 Å². The monoisotopic (exact) mass is 510 g/mol. The van der Waals surface area contributed by atoms with Crippen molar-refractivity contribution >= 4 is 29.9 Å². The minimum atomic E-state index is 0. The molecule has 2 heterocycles. The Kier molecular flexibility index (Phi) is 9.93. The third-order valence-electron chi connectivity index (χ3n) is 5.29. The number of rotatable bonds is 7. The molecular formula is C22H35IN6. The molecule has 1 aromatic carbocycles. The second kappa shape index (κ2) is 12.2. The minimum Gasteiger partial charge on any atom is -0.357 e. The van der Waals surface area contributed by atoms with Crippen LogP contribution in [0.3, 0.4) is 0 Å². The molecule has 1 aliphatic rings. The highest BCUT2D eigenvalue weighted by atomic mass is 127. The van der Waals surface area contributed by atoms with E-state index in [2.05, 4.69) is 58.7 Å². The van der Waals surface area contributed by atoms with Crippen molar-refractivity contribution in [2.24, 2.45) is 18.0 Å². The van der Waals surface area contributed by atoms with E-state index in [1.165, 1.54) is 37.1 Å². The third-order valence-corrected chi connectivity index (χ3v) is 5.29. The molecule has 3 rings (SSSR count). The van der Waals surface area contributed by atoms with Crippen LogP contribution < -0.4 is 10.6 Å². The van der Waals surface area contributed by atoms with Crippen molar-refractivity contribution in [1.29, 1.82) is 0 Å². The van der Waals surface area contributed by atoms with E-state index in [4.69, 9.17) is 4.99 Å². The second-order valence-corrected chi connectivity index (χ2v) is 7.79. The molecule has 0 amide bonds. The molecule has 0 bridgehead atoms. The molecule has 0 spiro atoms. The van der Waals surface area contributed by atoms with Crippen LogP contribution in [-0.4, -0.2) is 40.3 Å². The lowest BCUT2D eigenvalue weighted by atomic mass is 9.99. The topological polar surface area (TPSA) is 57.5 Å². The Morgan fingerprint density at radius 3 is 2.59 bits per heavy atom. The van der Waals surface area contributed by atoms with Gasteiger partial charge in [0.25, 0.3) is 0 Å². The fourth-order valence-electron chi connectivity index (χ4n) is 3.70. The van der Waals surface area contributed by atoms with Gasteiger partial charge in [0.1, 0.15) is 0 Å². The van der Waals surface area contributed by atoms with Gasteiger partial charge >= 0.3 is 0 Å². The quantitative estimate of drug-likeness (QED) is 0.340. The van der Waals surface area contributed by atoms with Crippen LogP contribution in [-0.2, 0) is 26.7 Å². The summed E-state index contributed by atoms with van der Waals surface area (Å²) < 4.78 is 1.87. The number of hydrogen-bond donors (Lipinski definition) is 2. The van der Waals surface area contributed by atoms with Crippen LogP contribution in [0.25, 0.3) is 0 Å². The highest BCUT2D eigenvalue weighted by molar-refractivity contribution is 14.0. The molecule has 0 aliphatic carbocycles. The molecule has 2 aromatic rings. The smallest absolute Gasteiger partial charge is 0.191 e. The first-order valence-corrected chi connectivity index (χ1v) is 10.4. The van der Waals surface area contributed by atoms with Gasteiger partial charge in [-0.15, -0.1) is 24.0 Å². The first-order valence-electron chi connectivity index (χ1n) is 10.4. The first-order chi connectivity index (χ1) is 13.6. The third kappa shape index (κ3) is 7.62. The van der Waals surface area contributed by atoms with Crippen molar-refractivity contribution in [3.05, 3.63) is 53.3 Å². The molecule has 160 valence electrons. The lowest BCUT2D eigenvalue weighted by molar-refractivity contribution is 0.176. The summed E-state index contributed by atoms with van der Waals surface area (Å²) in [5, 5.41) is 10.9. The molecule has 29 heavy (non-hydrogen) atoms. The lowest BCUT2D eigenvalue weighted by Gasteiger charge is -2.30. The molecule has 1 aromatic heterocycles. The molecule has 7 heteroatoms. The number of hydrogen-bond acceptors (Lipinski definition) is 3. The van der Waals surface area contributed by atoms with Gasteiger partial charge in [0.15, 0.2) is 5.96 Å². The number of guanidine groups is 1. The highest BCUT2D eigenvalue weighted by Gasteiger charge is 2.16. The van der Waals surface area contributed by atoms with Gasteiger partial charge in [0.2, 0.25) is 0 Å². The second-order valence-electron chi connectivity index (χ2n) is 7.79. The summed E-state index contributed by atoms with van der Waals surface area (Å²) in [7, 11) is 1.95. The number of piperidine rings is 1. The average Bonchev–Trinajstić information content (AvgIpc) is 3.10. The van der Waals surface area contributed by atoms with Crippen molar-refractivity contribution in [3.63, 3.8) is 0 Å². The zero-order valence-corrected chi connectivity index (χ0v) is 20.2. The van der Waals surface area contributed by atoms with Gasteiger partial charge in [0, 0.05) is 32.9 Å². The van der Waals surface area contributed by atoms with E-state index >= 15 is 0 Å². The number of nitrogens with zero attached hydrogens (tertiary/aromatic N) is 4. The molecule has 0 saturated carbocycles. The Bertz CT molecular complexity index is 755. The number of halogens is 1. The Hall–Kier alpha value is -1.61. The standard InChI is InChI=1S/C22H34N6.HI/c1-4-23-22(25-15-21-11-12-26-27(21)3)24-14-19-7-9-20(10-8-19)17-28-13-5-6-18(2)16-28;/h7-12,18H,4-6,13-17H2,1-3H3,(H2,23,24,25);1H. The van der Waals surface area contributed by atoms with Crippen LogP contribution in [0.2, 0.25) is 0 Å². The Balaban J connectivity index is 0.00000300. The molecular weight excluding hydrogens is 475 g/mol. The fourth-order valence-corrected chi connectivity index (χ4v) is 3.70. The van der Waals surface area contributed by atoms with E-state index in [9.17, 15) is 0 Å². The summed E-state index contributed by atoms with van der Waals surface area (Å²) in [6.07, 6.45) is 4.51. The summed E-state index contributed by atoms with van der Waals surface area (Å²) in [6.45, 7) is 10.2. The zero-order valence-electron chi connectivity index (χ0n) is 17.9. The van der Waals surface area contributed by atoms with Crippen LogP contribution in [0, 0.1) is 5.92 Å². The van der Waals surface area contributed by atoms with Crippen LogP contribution >= 0.6 is 24.0 Å². The maximum atomic E-state index is 4.72. The van der Waals surface area contributed by atoms with E-state index in [1.807, 2.05) is 24.0 Å². The van der Waals surface area contributed by atoms with Crippen LogP contribution in [0.15, 0.2) is 41.5 Å². The van der Waals surface area contributed by atoms with E-state index in [0.717, 1.165) is 30.7 Å². The molecule has 6 nitrogen and oxygen atoms in total. The molecule has 1 fully saturated rings. The van der Waals surface area contributed by atoms with E-state index in [-0.39, 0.29) is 24.0 Å². The molecule has 1 unspecified atom stereocenters. The van der Waals surface area contributed by atoms with E-state index < -0.39 is 0 Å². The van der Waals surface area contributed by atoms with Gasteiger partial charge in [-0.2, -0.15) is 5.10 Å². The number of aliphatic imine (C=N–C) groups is 1. The maximum Gasteiger partial charge on any atom is 0.191 e. The van der Waals surface area contributed by atoms with Crippen molar-refractivity contribution in [2.45, 2.75) is 46.3 Å². The lowest BCUT2D eigenvalue weighted by Crippen LogP contribution is -2.37. The molecule has 0 radical (unpaired) electrons. The van der Waals surface area contributed by atoms with E-state index in [0.29, 0.717) is 13.1 Å². The van der Waals surface area contributed by atoms with Crippen LogP contribution in [0.5, 0.6) is 0 Å². The van der Waals surface area contributed by atoms with Crippen molar-refractivity contribution < 1.29 is 0 Å². The average molecular weight is 510 g/mol. The number of likely N-dealkylation sites (tertiary alicyclic amines) is 1. The van der Waals surface area contributed by atoms with E-state index in [1.54, 1.807) is 0 Å². The van der Waals surface area contributed by atoms with Crippen LogP contribution in [0.1, 0.15) is 43.5 Å². The van der Waals surface area contributed by atoms with Crippen molar-refractivity contribution in [2.75, 3.05) is 19.6 Å². The number of benzene rings is 1. The fraction of sp³-hybridized carbons (Fsp3) is 0.545. The van der Waals surface area contributed by atoms with Gasteiger partial charge < -0.3 is 10.6 Å². The van der Waals surface area contributed by atoms with Gasteiger partial charge in [-0.05, 0) is 49.4 Å². The molecule has 1 aliphatic heterocycles. The number of nitrogens with one attached hydrogen (secondary N) is 2. The van der Waals surface area contributed by atoms with Gasteiger partial charge in [-0.25, -0.2) is 4.99 Å². The largest absolute Gasteiger partial charge is 0.357 e. The molecule has 1 atom stereocenters. The Morgan fingerprint density at radius 1 is 1.17 bits per heavy atom. The van der Waals surface area contributed by atoms with Crippen molar-refractivity contribution in [3.8, 4) is 0 Å². The highest BCUT2D eigenvalue weighted by Crippen LogP contribution is 2.18. The van der Waals surface area contributed by atoms with Gasteiger partial charge in [-0.1, -0.05) is 31.2 Å². The summed E-state index contributed by atoms with van der Waals surface area (Å²) in [5.74, 6) is 1.65. The summed E-state index contributed by atoms with van der Waals surface area (Å²) >= 11 is 0. The normalized spacial score (nSPS) is 17.6. The SMILES string of the molecule is CCNC(=NCc1ccc(CN2CCCC(C)C2)cc1)NCc1ccnn1C.I. The zero-order chi connectivity index (χ0) is 19.8. The van der Waals surface area contributed by atoms with Gasteiger partial charge in [0.05, 0.1) is 18.8 Å². The predicted octanol–water partition coefficient (Wildman–Crippen LogP) is 3.53. The van der Waals surface area contributed by atoms with Gasteiger partial charge in [-0.3, -0.25) is 9.58 Å². The first kappa shape index (κ1) is 23.7. The van der Waals surface area contributed by atoms with Crippen LogP contribution in [0.4, 0.5) is 0 Å². The molecule has 1 saturated heterocycles. The maximum absolute atomic E-state index is 4.72. The molecule has 2 N–H and O–H groups in total. The minimum absolute atomic E-state index is 0.